The largest absolute Gasteiger partial charge is 0.373 e. The third-order valence-electron chi connectivity index (χ3n) is 3.42. The van der Waals surface area contributed by atoms with Crippen molar-refractivity contribution in [1.29, 1.82) is 0 Å². The Morgan fingerprint density at radius 3 is 2.73 bits per heavy atom. The molecule has 2 rings (SSSR count). The van der Waals surface area contributed by atoms with E-state index < -0.39 is 0 Å². The van der Waals surface area contributed by atoms with E-state index in [2.05, 4.69) is 34.3 Å². The van der Waals surface area contributed by atoms with Gasteiger partial charge in [-0.3, -0.25) is 9.89 Å². The number of H-pyrrole nitrogens is 1. The van der Waals surface area contributed by atoms with Crippen LogP contribution in [-0.2, 0) is 6.42 Å². The highest BCUT2D eigenvalue weighted by Crippen LogP contribution is 2.10. The average molecular weight is 300 g/mol. The van der Waals surface area contributed by atoms with Gasteiger partial charge in [-0.25, -0.2) is 0 Å². The van der Waals surface area contributed by atoms with Crippen LogP contribution in [-0.4, -0.2) is 36.2 Å². The van der Waals surface area contributed by atoms with Crippen LogP contribution in [0.15, 0.2) is 36.4 Å². The summed E-state index contributed by atoms with van der Waals surface area (Å²) in [5.74, 6) is 0.406. The molecule has 0 spiro atoms. The minimum Gasteiger partial charge on any atom is -0.373 e. The van der Waals surface area contributed by atoms with Crippen molar-refractivity contribution in [3.05, 3.63) is 47.8 Å². The Bertz CT molecular complexity index is 592. The summed E-state index contributed by atoms with van der Waals surface area (Å²) >= 11 is 0. The Morgan fingerprint density at radius 1 is 1.32 bits per heavy atom. The first-order valence-corrected chi connectivity index (χ1v) is 7.65. The predicted octanol–water partition coefficient (Wildman–Crippen LogP) is 2.47. The highest BCUT2D eigenvalue weighted by molar-refractivity contribution is 5.92. The van der Waals surface area contributed by atoms with Crippen molar-refractivity contribution in [2.45, 2.75) is 20.3 Å². The molecular formula is C17H24N4O. The molecule has 0 aliphatic rings. The van der Waals surface area contributed by atoms with Gasteiger partial charge in [0.25, 0.3) is 5.91 Å². The number of rotatable bonds is 7. The van der Waals surface area contributed by atoms with Gasteiger partial charge in [0.2, 0.25) is 0 Å². The summed E-state index contributed by atoms with van der Waals surface area (Å²) in [5, 5.41) is 9.90. The summed E-state index contributed by atoms with van der Waals surface area (Å²) < 4.78 is 0. The number of likely N-dealkylation sites (N-methyl/N-ethyl adjacent to an activating group) is 1. The van der Waals surface area contributed by atoms with Crippen molar-refractivity contribution >= 4 is 11.6 Å². The molecule has 118 valence electrons. The number of aromatic amines is 1. The van der Waals surface area contributed by atoms with Gasteiger partial charge in [-0.15, -0.1) is 0 Å². The van der Waals surface area contributed by atoms with E-state index in [-0.39, 0.29) is 5.91 Å². The number of amides is 1. The molecule has 22 heavy (non-hydrogen) atoms. The van der Waals surface area contributed by atoms with Gasteiger partial charge in [-0.05, 0) is 30.5 Å². The number of aromatic nitrogens is 2. The molecule has 0 aliphatic heterocycles. The summed E-state index contributed by atoms with van der Waals surface area (Å²) in [7, 11) is 2.01. The number of carbonyl (C=O) groups is 1. The minimum absolute atomic E-state index is 0.132. The van der Waals surface area contributed by atoms with Gasteiger partial charge >= 0.3 is 0 Å². The van der Waals surface area contributed by atoms with Gasteiger partial charge in [0.15, 0.2) is 0 Å². The van der Waals surface area contributed by atoms with Gasteiger partial charge in [0, 0.05) is 31.5 Å². The van der Waals surface area contributed by atoms with Crippen molar-refractivity contribution in [1.82, 2.24) is 15.5 Å². The molecule has 2 N–H and O–H groups in total. The summed E-state index contributed by atoms with van der Waals surface area (Å²) in [4.78, 5) is 14.2. The Labute approximate surface area is 131 Å². The van der Waals surface area contributed by atoms with E-state index in [9.17, 15) is 4.79 Å². The third-order valence-corrected chi connectivity index (χ3v) is 3.42. The van der Waals surface area contributed by atoms with Crippen LogP contribution in [0.3, 0.4) is 0 Å². The zero-order valence-electron chi connectivity index (χ0n) is 13.5. The zero-order valence-corrected chi connectivity index (χ0v) is 13.5. The van der Waals surface area contributed by atoms with Gasteiger partial charge < -0.3 is 10.2 Å². The molecule has 0 atom stereocenters. The van der Waals surface area contributed by atoms with E-state index in [4.69, 9.17) is 0 Å². The zero-order chi connectivity index (χ0) is 15.9. The number of benzene rings is 1. The van der Waals surface area contributed by atoms with Crippen LogP contribution in [0.5, 0.6) is 0 Å². The maximum Gasteiger partial charge on any atom is 0.271 e. The normalized spacial score (nSPS) is 10.7. The van der Waals surface area contributed by atoms with Crippen LogP contribution in [0, 0.1) is 5.92 Å². The van der Waals surface area contributed by atoms with E-state index in [1.165, 1.54) is 0 Å². The third kappa shape index (κ3) is 4.62. The van der Waals surface area contributed by atoms with E-state index >= 15 is 0 Å². The van der Waals surface area contributed by atoms with Crippen LogP contribution < -0.4 is 10.2 Å². The van der Waals surface area contributed by atoms with E-state index in [0.717, 1.165) is 24.3 Å². The van der Waals surface area contributed by atoms with Crippen LogP contribution in [0.1, 0.15) is 30.0 Å². The Morgan fingerprint density at radius 2 is 2.05 bits per heavy atom. The molecule has 1 heterocycles. The SMILES string of the molecule is CC(C)Cc1cc(C(=O)NCCN(C)c2ccccc2)n[nH]1. The molecule has 1 amide bonds. The summed E-state index contributed by atoms with van der Waals surface area (Å²) in [6.07, 6.45) is 0.900. The van der Waals surface area contributed by atoms with E-state index in [0.29, 0.717) is 18.2 Å². The number of anilines is 1. The second-order valence-corrected chi connectivity index (χ2v) is 5.89. The molecule has 0 fully saturated rings. The maximum absolute atomic E-state index is 12.0. The maximum atomic E-state index is 12.0. The molecule has 5 nitrogen and oxygen atoms in total. The lowest BCUT2D eigenvalue weighted by molar-refractivity contribution is 0.0949. The van der Waals surface area contributed by atoms with E-state index in [1.807, 2.05) is 43.4 Å². The molecule has 0 bridgehead atoms. The number of nitrogens with one attached hydrogen (secondary N) is 2. The van der Waals surface area contributed by atoms with Crippen LogP contribution in [0.2, 0.25) is 0 Å². The quantitative estimate of drug-likeness (QED) is 0.826. The van der Waals surface area contributed by atoms with Crippen molar-refractivity contribution < 1.29 is 4.79 Å². The van der Waals surface area contributed by atoms with Crippen molar-refractivity contribution in [3.63, 3.8) is 0 Å². The van der Waals surface area contributed by atoms with Crippen molar-refractivity contribution in [2.75, 3.05) is 25.0 Å². The Balaban J connectivity index is 1.79. The smallest absolute Gasteiger partial charge is 0.271 e. The fourth-order valence-corrected chi connectivity index (χ4v) is 2.26. The lowest BCUT2D eigenvalue weighted by Crippen LogP contribution is -2.33. The molecular weight excluding hydrogens is 276 g/mol. The minimum atomic E-state index is -0.132. The summed E-state index contributed by atoms with van der Waals surface area (Å²) in [5.41, 5.74) is 2.59. The van der Waals surface area contributed by atoms with Crippen LogP contribution in [0.25, 0.3) is 0 Å². The Kier molecular flexibility index (Phi) is 5.58. The first-order chi connectivity index (χ1) is 10.6. The fourth-order valence-electron chi connectivity index (χ4n) is 2.26. The molecule has 2 aromatic rings. The average Bonchev–Trinajstić information content (AvgIpc) is 2.95. The number of para-hydroxylation sites is 1. The van der Waals surface area contributed by atoms with Crippen molar-refractivity contribution in [3.8, 4) is 0 Å². The molecule has 1 aromatic carbocycles. The highest BCUT2D eigenvalue weighted by atomic mass is 16.1. The number of hydrogen-bond acceptors (Lipinski definition) is 3. The number of hydrogen-bond donors (Lipinski definition) is 2. The fraction of sp³-hybridized carbons (Fsp3) is 0.412. The molecule has 1 aromatic heterocycles. The van der Waals surface area contributed by atoms with Crippen LogP contribution >= 0.6 is 0 Å². The molecule has 0 saturated carbocycles. The molecule has 5 heteroatoms. The topological polar surface area (TPSA) is 61.0 Å². The van der Waals surface area contributed by atoms with Crippen LogP contribution in [0.4, 0.5) is 5.69 Å². The lowest BCUT2D eigenvalue weighted by Gasteiger charge is -2.19. The van der Waals surface area contributed by atoms with Gasteiger partial charge in [-0.1, -0.05) is 32.0 Å². The Hall–Kier alpha value is -2.30. The molecule has 0 unspecified atom stereocenters. The number of nitrogens with zero attached hydrogens (tertiary/aromatic N) is 2. The van der Waals surface area contributed by atoms with Gasteiger partial charge in [-0.2, -0.15) is 5.10 Å². The lowest BCUT2D eigenvalue weighted by atomic mass is 10.1. The molecule has 0 radical (unpaired) electrons. The van der Waals surface area contributed by atoms with E-state index in [1.54, 1.807) is 0 Å². The van der Waals surface area contributed by atoms with Gasteiger partial charge in [0.1, 0.15) is 5.69 Å². The number of carbonyl (C=O) groups excluding carboxylic acids is 1. The standard InChI is InChI=1S/C17H24N4O/c1-13(2)11-14-12-16(20-19-14)17(22)18-9-10-21(3)15-7-5-4-6-8-15/h4-8,12-13H,9-11H2,1-3H3,(H,18,22)(H,19,20). The highest BCUT2D eigenvalue weighted by Gasteiger charge is 2.11. The summed E-state index contributed by atoms with van der Waals surface area (Å²) in [6, 6.07) is 11.9. The molecule has 0 aliphatic carbocycles. The summed E-state index contributed by atoms with van der Waals surface area (Å²) in [6.45, 7) is 5.61. The van der Waals surface area contributed by atoms with Gasteiger partial charge in [0.05, 0.1) is 0 Å². The second-order valence-electron chi connectivity index (χ2n) is 5.89. The van der Waals surface area contributed by atoms with Crippen molar-refractivity contribution in [2.24, 2.45) is 5.92 Å². The second kappa shape index (κ2) is 7.64. The molecule has 0 saturated heterocycles. The monoisotopic (exact) mass is 300 g/mol. The first kappa shape index (κ1) is 16.1. The predicted molar refractivity (Wildman–Crippen MR) is 89.2 cm³/mol. The first-order valence-electron chi connectivity index (χ1n) is 7.65.